The van der Waals surface area contributed by atoms with Gasteiger partial charge in [-0.3, -0.25) is 0 Å². The molecule has 2 N–H and O–H groups in total. The molecule has 0 bridgehead atoms. The van der Waals surface area contributed by atoms with Crippen molar-refractivity contribution in [3.05, 3.63) is 11.4 Å². The third-order valence-corrected chi connectivity index (χ3v) is 4.58. The molecule has 1 atom stereocenters. The van der Waals surface area contributed by atoms with Crippen molar-refractivity contribution in [2.75, 3.05) is 23.7 Å². The van der Waals surface area contributed by atoms with Crippen LogP contribution in [0.5, 0.6) is 0 Å². The lowest BCUT2D eigenvalue weighted by Gasteiger charge is -2.22. The zero-order valence-electron chi connectivity index (χ0n) is 12.2. The third-order valence-electron chi connectivity index (χ3n) is 4.58. The Morgan fingerprint density at radius 3 is 2.53 bits per heavy atom. The van der Waals surface area contributed by atoms with Crippen molar-refractivity contribution in [3.8, 4) is 0 Å². The van der Waals surface area contributed by atoms with Crippen LogP contribution in [0.15, 0.2) is 0 Å². The van der Waals surface area contributed by atoms with Crippen molar-refractivity contribution in [1.29, 1.82) is 0 Å². The summed E-state index contributed by atoms with van der Waals surface area (Å²) in [6.07, 6.45) is 3.70. The van der Waals surface area contributed by atoms with Crippen molar-refractivity contribution in [2.24, 2.45) is 11.8 Å². The van der Waals surface area contributed by atoms with Gasteiger partial charge in [-0.15, -0.1) is 0 Å². The SMILES string of the molecule is Cc1c(N)nc(C2CC2)nc1N1CCC(C(C)C)C1. The molecule has 1 saturated heterocycles. The second-order valence-corrected chi connectivity index (χ2v) is 6.43. The minimum absolute atomic E-state index is 0.560. The number of hydrogen-bond donors (Lipinski definition) is 1. The number of rotatable bonds is 3. The molecule has 1 aromatic heterocycles. The predicted octanol–water partition coefficient (Wildman–Crippen LogP) is 2.73. The van der Waals surface area contributed by atoms with Gasteiger partial charge in [-0.05, 0) is 38.0 Å². The van der Waals surface area contributed by atoms with E-state index in [2.05, 4.69) is 23.7 Å². The standard InChI is InChI=1S/C15H24N4/c1-9(2)12-6-7-19(8-12)15-10(3)13(16)17-14(18-15)11-4-5-11/h9,11-12H,4-8H2,1-3H3,(H2,16,17,18). The van der Waals surface area contributed by atoms with Crippen LogP contribution in [0, 0.1) is 18.8 Å². The van der Waals surface area contributed by atoms with E-state index < -0.39 is 0 Å². The van der Waals surface area contributed by atoms with E-state index in [-0.39, 0.29) is 0 Å². The van der Waals surface area contributed by atoms with Crippen molar-refractivity contribution in [2.45, 2.75) is 46.0 Å². The Hall–Kier alpha value is -1.32. The maximum Gasteiger partial charge on any atom is 0.137 e. The van der Waals surface area contributed by atoms with Crippen LogP contribution in [0.1, 0.15) is 50.4 Å². The Morgan fingerprint density at radius 2 is 1.95 bits per heavy atom. The van der Waals surface area contributed by atoms with E-state index in [4.69, 9.17) is 10.7 Å². The summed E-state index contributed by atoms with van der Waals surface area (Å²) in [6, 6.07) is 0. The fourth-order valence-corrected chi connectivity index (χ4v) is 2.89. The van der Waals surface area contributed by atoms with Gasteiger partial charge in [0.1, 0.15) is 17.5 Å². The summed E-state index contributed by atoms with van der Waals surface area (Å²) in [6.45, 7) is 8.88. The molecule has 1 aliphatic carbocycles. The Morgan fingerprint density at radius 1 is 1.21 bits per heavy atom. The average Bonchev–Trinajstić information content (AvgIpc) is 3.09. The second kappa shape index (κ2) is 4.66. The first-order valence-electron chi connectivity index (χ1n) is 7.45. The van der Waals surface area contributed by atoms with Crippen molar-refractivity contribution in [1.82, 2.24) is 9.97 Å². The van der Waals surface area contributed by atoms with E-state index in [0.717, 1.165) is 42.1 Å². The van der Waals surface area contributed by atoms with E-state index in [1.165, 1.54) is 19.3 Å². The molecule has 1 unspecified atom stereocenters. The van der Waals surface area contributed by atoms with Gasteiger partial charge in [-0.1, -0.05) is 13.8 Å². The largest absolute Gasteiger partial charge is 0.383 e. The molecule has 3 rings (SSSR count). The molecule has 19 heavy (non-hydrogen) atoms. The fourth-order valence-electron chi connectivity index (χ4n) is 2.89. The molecule has 0 spiro atoms. The van der Waals surface area contributed by atoms with Crippen molar-refractivity contribution in [3.63, 3.8) is 0 Å². The van der Waals surface area contributed by atoms with Crippen LogP contribution in [-0.2, 0) is 0 Å². The molecular formula is C15H24N4. The molecule has 1 aliphatic heterocycles. The zero-order chi connectivity index (χ0) is 13.6. The first-order chi connectivity index (χ1) is 9.06. The predicted molar refractivity (Wildman–Crippen MR) is 78.3 cm³/mol. The molecule has 1 aromatic rings. The molecule has 104 valence electrons. The summed E-state index contributed by atoms with van der Waals surface area (Å²) in [5.74, 6) is 4.79. The molecule has 0 amide bonds. The Kier molecular flexibility index (Phi) is 3.11. The first kappa shape index (κ1) is 12.7. The van der Waals surface area contributed by atoms with Gasteiger partial charge in [0.05, 0.1) is 0 Å². The second-order valence-electron chi connectivity index (χ2n) is 6.43. The van der Waals surface area contributed by atoms with Gasteiger partial charge < -0.3 is 10.6 Å². The van der Waals surface area contributed by atoms with Gasteiger partial charge in [0.25, 0.3) is 0 Å². The molecule has 0 aromatic carbocycles. The minimum Gasteiger partial charge on any atom is -0.383 e. The lowest BCUT2D eigenvalue weighted by molar-refractivity contribution is 0.422. The number of hydrogen-bond acceptors (Lipinski definition) is 4. The van der Waals surface area contributed by atoms with Crippen molar-refractivity contribution < 1.29 is 0 Å². The Balaban J connectivity index is 1.87. The van der Waals surface area contributed by atoms with Gasteiger partial charge in [-0.25, -0.2) is 9.97 Å². The van der Waals surface area contributed by atoms with Crippen molar-refractivity contribution >= 4 is 11.6 Å². The molecule has 0 radical (unpaired) electrons. The molecule has 2 fully saturated rings. The first-order valence-corrected chi connectivity index (χ1v) is 7.45. The summed E-state index contributed by atoms with van der Waals surface area (Å²) in [4.78, 5) is 11.7. The summed E-state index contributed by atoms with van der Waals surface area (Å²) >= 11 is 0. The van der Waals surface area contributed by atoms with Crippen LogP contribution >= 0.6 is 0 Å². The van der Waals surface area contributed by atoms with Crippen LogP contribution in [0.25, 0.3) is 0 Å². The Labute approximate surface area is 115 Å². The number of nitrogens with zero attached hydrogens (tertiary/aromatic N) is 3. The topological polar surface area (TPSA) is 55.0 Å². The average molecular weight is 260 g/mol. The lowest BCUT2D eigenvalue weighted by atomic mass is 9.95. The summed E-state index contributed by atoms with van der Waals surface area (Å²) in [5, 5.41) is 0. The molecule has 4 nitrogen and oxygen atoms in total. The number of anilines is 2. The van der Waals surface area contributed by atoms with Crippen LogP contribution < -0.4 is 10.6 Å². The molecule has 1 saturated carbocycles. The molecule has 4 heteroatoms. The van der Waals surface area contributed by atoms with Gasteiger partial charge in [0.2, 0.25) is 0 Å². The highest BCUT2D eigenvalue weighted by Crippen LogP contribution is 2.40. The fraction of sp³-hybridized carbons (Fsp3) is 0.733. The van der Waals surface area contributed by atoms with E-state index in [9.17, 15) is 0 Å². The molecule has 2 aliphatic rings. The maximum absolute atomic E-state index is 6.07. The van der Waals surface area contributed by atoms with Crippen LogP contribution in [0.4, 0.5) is 11.6 Å². The third kappa shape index (κ3) is 2.40. The normalized spacial score (nSPS) is 23.4. The van der Waals surface area contributed by atoms with Gasteiger partial charge in [0.15, 0.2) is 0 Å². The molecule has 2 heterocycles. The van der Waals surface area contributed by atoms with Gasteiger partial charge >= 0.3 is 0 Å². The van der Waals surface area contributed by atoms with Crippen LogP contribution in [-0.4, -0.2) is 23.1 Å². The quantitative estimate of drug-likeness (QED) is 0.908. The zero-order valence-corrected chi connectivity index (χ0v) is 12.2. The highest BCUT2D eigenvalue weighted by atomic mass is 15.2. The minimum atomic E-state index is 0.560. The maximum atomic E-state index is 6.07. The van der Waals surface area contributed by atoms with E-state index in [1.54, 1.807) is 0 Å². The molecular weight excluding hydrogens is 236 g/mol. The van der Waals surface area contributed by atoms with Gasteiger partial charge in [0, 0.05) is 24.6 Å². The smallest absolute Gasteiger partial charge is 0.137 e. The van der Waals surface area contributed by atoms with E-state index >= 15 is 0 Å². The Bertz CT molecular complexity index is 479. The monoisotopic (exact) mass is 260 g/mol. The summed E-state index contributed by atoms with van der Waals surface area (Å²) < 4.78 is 0. The number of nitrogens with two attached hydrogens (primary N) is 1. The van der Waals surface area contributed by atoms with Crippen LogP contribution in [0.3, 0.4) is 0 Å². The number of aromatic nitrogens is 2. The lowest BCUT2D eigenvalue weighted by Crippen LogP contribution is -2.24. The summed E-state index contributed by atoms with van der Waals surface area (Å²) in [5.41, 5.74) is 7.12. The number of nitrogen functional groups attached to an aromatic ring is 1. The van der Waals surface area contributed by atoms with E-state index in [0.29, 0.717) is 11.7 Å². The summed E-state index contributed by atoms with van der Waals surface area (Å²) in [7, 11) is 0. The highest BCUT2D eigenvalue weighted by Gasteiger charge is 2.31. The van der Waals surface area contributed by atoms with Crippen LogP contribution in [0.2, 0.25) is 0 Å². The van der Waals surface area contributed by atoms with E-state index in [1.807, 2.05) is 6.92 Å². The van der Waals surface area contributed by atoms with Gasteiger partial charge in [-0.2, -0.15) is 0 Å². The highest BCUT2D eigenvalue weighted by molar-refractivity contribution is 5.57.